The zero-order chi connectivity index (χ0) is 14.9. The zero-order valence-corrected chi connectivity index (χ0v) is 12.7. The molecule has 5 nitrogen and oxygen atoms in total. The van der Waals surface area contributed by atoms with E-state index in [4.69, 9.17) is 0 Å². The molecule has 2 atom stereocenters. The molecule has 5 heteroatoms. The summed E-state index contributed by atoms with van der Waals surface area (Å²) >= 11 is 0. The number of carbonyl (C=O) groups excluding carboxylic acids is 1. The summed E-state index contributed by atoms with van der Waals surface area (Å²) in [7, 11) is 0. The van der Waals surface area contributed by atoms with E-state index in [1.54, 1.807) is 6.33 Å². The first-order chi connectivity index (χ1) is 10.8. The number of aromatic nitrogens is 2. The van der Waals surface area contributed by atoms with Gasteiger partial charge in [-0.2, -0.15) is 0 Å². The number of pyridine rings is 1. The summed E-state index contributed by atoms with van der Waals surface area (Å²) in [5.74, 6) is 0.786. The number of imidazole rings is 1. The summed E-state index contributed by atoms with van der Waals surface area (Å²) < 4.78 is 1.92. The highest BCUT2D eigenvalue weighted by molar-refractivity contribution is 5.94. The third-order valence-electron chi connectivity index (χ3n) is 5.11. The standard InChI is InChI=1S/C17H22N4O/c22-17(14-4-5-15-10-19-12-20(15)11-14)21-8-2-1-3-16(21)13-6-7-18-9-13/h4-5,10-13,16,18H,1-3,6-9H2. The lowest BCUT2D eigenvalue weighted by molar-refractivity contribution is 0.0529. The van der Waals surface area contributed by atoms with Crippen molar-refractivity contribution in [3.05, 3.63) is 36.4 Å². The second-order valence-electron chi connectivity index (χ2n) is 6.46. The molecule has 0 aliphatic carbocycles. The predicted molar refractivity (Wildman–Crippen MR) is 84.8 cm³/mol. The molecule has 0 radical (unpaired) electrons. The lowest BCUT2D eigenvalue weighted by atomic mass is 9.89. The normalized spacial score (nSPS) is 25.7. The average molecular weight is 298 g/mol. The fraction of sp³-hybridized carbons (Fsp3) is 0.529. The van der Waals surface area contributed by atoms with E-state index in [1.807, 2.05) is 28.9 Å². The molecule has 0 spiro atoms. The summed E-state index contributed by atoms with van der Waals surface area (Å²) in [4.78, 5) is 19.3. The molecule has 2 aliphatic rings. The van der Waals surface area contributed by atoms with E-state index in [2.05, 4.69) is 15.2 Å². The van der Waals surface area contributed by atoms with Crippen LogP contribution in [0.15, 0.2) is 30.9 Å². The number of carbonyl (C=O) groups is 1. The highest BCUT2D eigenvalue weighted by atomic mass is 16.2. The Hall–Kier alpha value is -1.88. The Morgan fingerprint density at radius 1 is 1.27 bits per heavy atom. The molecule has 2 fully saturated rings. The van der Waals surface area contributed by atoms with Gasteiger partial charge in [0.05, 0.1) is 23.6 Å². The van der Waals surface area contributed by atoms with Crippen LogP contribution < -0.4 is 5.32 Å². The minimum atomic E-state index is 0.173. The van der Waals surface area contributed by atoms with E-state index in [-0.39, 0.29) is 5.91 Å². The Kier molecular flexibility index (Phi) is 3.58. The average Bonchev–Trinajstić information content (AvgIpc) is 3.24. The number of hydrogen-bond acceptors (Lipinski definition) is 3. The molecular weight excluding hydrogens is 276 g/mol. The van der Waals surface area contributed by atoms with Crippen LogP contribution in [0.5, 0.6) is 0 Å². The quantitative estimate of drug-likeness (QED) is 0.922. The van der Waals surface area contributed by atoms with Crippen LogP contribution in [0.2, 0.25) is 0 Å². The first kappa shape index (κ1) is 13.8. The molecule has 116 valence electrons. The Morgan fingerprint density at radius 3 is 3.09 bits per heavy atom. The van der Waals surface area contributed by atoms with E-state index in [1.165, 1.54) is 12.8 Å². The van der Waals surface area contributed by atoms with E-state index < -0.39 is 0 Å². The molecule has 22 heavy (non-hydrogen) atoms. The SMILES string of the molecule is O=C(c1ccc2cncn2c1)N1CCCCC1C1CCNC1. The predicted octanol–water partition coefficient (Wildman–Crippen LogP) is 1.94. The fourth-order valence-corrected chi connectivity index (χ4v) is 3.92. The molecule has 2 aromatic rings. The first-order valence-electron chi connectivity index (χ1n) is 8.26. The molecule has 1 N–H and O–H groups in total. The number of likely N-dealkylation sites (tertiary alicyclic amines) is 1. The van der Waals surface area contributed by atoms with Crippen molar-refractivity contribution in [1.82, 2.24) is 19.6 Å². The van der Waals surface area contributed by atoms with Crippen LogP contribution in [0.1, 0.15) is 36.0 Å². The van der Waals surface area contributed by atoms with Gasteiger partial charge in [0.15, 0.2) is 0 Å². The molecular formula is C17H22N4O. The van der Waals surface area contributed by atoms with Gasteiger partial charge in [-0.1, -0.05) is 0 Å². The number of piperidine rings is 1. The van der Waals surface area contributed by atoms with Crippen LogP contribution in [-0.4, -0.2) is 45.9 Å². The topological polar surface area (TPSA) is 49.6 Å². The lowest BCUT2D eigenvalue weighted by Gasteiger charge is -2.39. The molecule has 4 heterocycles. The van der Waals surface area contributed by atoms with E-state index in [0.29, 0.717) is 12.0 Å². The number of nitrogens with zero attached hydrogens (tertiary/aromatic N) is 3. The Balaban J connectivity index is 1.61. The van der Waals surface area contributed by atoms with E-state index in [9.17, 15) is 4.79 Å². The minimum Gasteiger partial charge on any atom is -0.335 e. The van der Waals surface area contributed by atoms with Crippen LogP contribution in [-0.2, 0) is 0 Å². The van der Waals surface area contributed by atoms with Crippen molar-refractivity contribution < 1.29 is 4.79 Å². The van der Waals surface area contributed by atoms with Gasteiger partial charge in [0.2, 0.25) is 0 Å². The monoisotopic (exact) mass is 298 g/mol. The maximum Gasteiger partial charge on any atom is 0.255 e. The van der Waals surface area contributed by atoms with E-state index >= 15 is 0 Å². The number of amides is 1. The van der Waals surface area contributed by atoms with Crippen molar-refractivity contribution in [1.29, 1.82) is 0 Å². The number of nitrogens with one attached hydrogen (secondary N) is 1. The van der Waals surface area contributed by atoms with Gasteiger partial charge in [0.25, 0.3) is 5.91 Å². The molecule has 0 bridgehead atoms. The van der Waals surface area contributed by atoms with Gasteiger partial charge in [0.1, 0.15) is 0 Å². The summed E-state index contributed by atoms with van der Waals surface area (Å²) in [5, 5.41) is 3.44. The molecule has 4 rings (SSSR count). The number of rotatable bonds is 2. The Bertz CT molecular complexity index is 674. The largest absolute Gasteiger partial charge is 0.335 e. The molecule has 2 saturated heterocycles. The number of fused-ring (bicyclic) bond motifs is 1. The van der Waals surface area contributed by atoms with Crippen molar-refractivity contribution in [2.45, 2.75) is 31.7 Å². The fourth-order valence-electron chi connectivity index (χ4n) is 3.92. The molecule has 2 aliphatic heterocycles. The van der Waals surface area contributed by atoms with Gasteiger partial charge >= 0.3 is 0 Å². The van der Waals surface area contributed by atoms with Gasteiger partial charge in [-0.3, -0.25) is 4.79 Å². The van der Waals surface area contributed by atoms with Crippen molar-refractivity contribution in [2.75, 3.05) is 19.6 Å². The Morgan fingerprint density at radius 2 is 2.23 bits per heavy atom. The van der Waals surface area contributed by atoms with Gasteiger partial charge in [-0.05, 0) is 56.8 Å². The van der Waals surface area contributed by atoms with E-state index in [0.717, 1.165) is 43.6 Å². The van der Waals surface area contributed by atoms with Crippen molar-refractivity contribution >= 4 is 11.4 Å². The van der Waals surface area contributed by atoms with Crippen molar-refractivity contribution in [3.8, 4) is 0 Å². The third kappa shape index (κ3) is 2.39. The van der Waals surface area contributed by atoms with Gasteiger partial charge in [-0.15, -0.1) is 0 Å². The number of hydrogen-bond donors (Lipinski definition) is 1. The smallest absolute Gasteiger partial charge is 0.255 e. The molecule has 2 aromatic heterocycles. The van der Waals surface area contributed by atoms with Crippen LogP contribution in [0, 0.1) is 5.92 Å². The van der Waals surface area contributed by atoms with Crippen LogP contribution in [0.25, 0.3) is 5.52 Å². The van der Waals surface area contributed by atoms with Crippen molar-refractivity contribution in [3.63, 3.8) is 0 Å². The highest BCUT2D eigenvalue weighted by Gasteiger charge is 2.34. The van der Waals surface area contributed by atoms with Gasteiger partial charge < -0.3 is 14.6 Å². The molecule has 2 unspecified atom stereocenters. The molecule has 1 amide bonds. The van der Waals surface area contributed by atoms with Crippen LogP contribution >= 0.6 is 0 Å². The summed E-state index contributed by atoms with van der Waals surface area (Å²) in [5.41, 5.74) is 1.79. The van der Waals surface area contributed by atoms with Crippen molar-refractivity contribution in [2.24, 2.45) is 5.92 Å². The summed E-state index contributed by atoms with van der Waals surface area (Å²) in [6.07, 6.45) is 10.2. The third-order valence-corrected chi connectivity index (χ3v) is 5.11. The van der Waals surface area contributed by atoms with Gasteiger partial charge in [-0.25, -0.2) is 4.98 Å². The van der Waals surface area contributed by atoms with Gasteiger partial charge in [0, 0.05) is 18.8 Å². The summed E-state index contributed by atoms with van der Waals surface area (Å²) in [6, 6.07) is 4.29. The summed E-state index contributed by atoms with van der Waals surface area (Å²) in [6.45, 7) is 3.03. The lowest BCUT2D eigenvalue weighted by Crippen LogP contribution is -2.48. The first-order valence-corrected chi connectivity index (χ1v) is 8.26. The van der Waals surface area contributed by atoms with Crippen LogP contribution in [0.4, 0.5) is 0 Å². The second kappa shape index (κ2) is 5.72. The maximum atomic E-state index is 13.0. The molecule has 0 saturated carbocycles. The maximum absolute atomic E-state index is 13.0. The van der Waals surface area contributed by atoms with Crippen LogP contribution in [0.3, 0.4) is 0 Å². The minimum absolute atomic E-state index is 0.173. The zero-order valence-electron chi connectivity index (χ0n) is 12.7. The molecule has 0 aromatic carbocycles. The highest BCUT2D eigenvalue weighted by Crippen LogP contribution is 2.28. The second-order valence-corrected chi connectivity index (χ2v) is 6.46. The Labute approximate surface area is 130 Å².